The minimum absolute atomic E-state index is 0.344. The van der Waals surface area contributed by atoms with Gasteiger partial charge in [0.25, 0.3) is 5.91 Å². The van der Waals surface area contributed by atoms with Crippen LogP contribution in [0.2, 0.25) is 0 Å². The number of nitrogens with two attached hydrogens (primary N) is 2. The van der Waals surface area contributed by atoms with Crippen molar-refractivity contribution in [1.82, 2.24) is 0 Å². The number of primary amides is 1. The molecule has 104 valence electrons. The van der Waals surface area contributed by atoms with Crippen LogP contribution in [0.4, 0.5) is 11.4 Å². The highest BCUT2D eigenvalue weighted by Crippen LogP contribution is 2.41. The van der Waals surface area contributed by atoms with Crippen molar-refractivity contribution >= 4 is 17.3 Å². The van der Waals surface area contributed by atoms with Crippen LogP contribution in [-0.2, 0) is 0 Å². The number of nitrogen functional groups attached to an aromatic ring is 1. The SMILES string of the molecule is CCC1(CNc2c(N)cccc2C(N)=O)CCCC1. The number of nitrogens with one attached hydrogen (secondary N) is 1. The summed E-state index contributed by atoms with van der Waals surface area (Å²) in [7, 11) is 0. The van der Waals surface area contributed by atoms with Gasteiger partial charge in [0.1, 0.15) is 0 Å². The lowest BCUT2D eigenvalue weighted by Crippen LogP contribution is -2.27. The van der Waals surface area contributed by atoms with Gasteiger partial charge in [0.2, 0.25) is 0 Å². The third-order valence-corrected chi connectivity index (χ3v) is 4.42. The molecular weight excluding hydrogens is 238 g/mol. The van der Waals surface area contributed by atoms with Crippen molar-refractivity contribution in [2.45, 2.75) is 39.0 Å². The van der Waals surface area contributed by atoms with E-state index in [2.05, 4.69) is 12.2 Å². The van der Waals surface area contributed by atoms with Crippen LogP contribution >= 0.6 is 0 Å². The van der Waals surface area contributed by atoms with Crippen LogP contribution in [0.15, 0.2) is 18.2 Å². The lowest BCUT2D eigenvalue weighted by Gasteiger charge is -2.29. The van der Waals surface area contributed by atoms with Crippen molar-refractivity contribution < 1.29 is 4.79 Å². The normalized spacial score (nSPS) is 17.3. The van der Waals surface area contributed by atoms with Crippen LogP contribution < -0.4 is 16.8 Å². The molecule has 19 heavy (non-hydrogen) atoms. The van der Waals surface area contributed by atoms with E-state index < -0.39 is 5.91 Å². The second kappa shape index (κ2) is 5.51. The Morgan fingerprint density at radius 1 is 1.37 bits per heavy atom. The average molecular weight is 261 g/mol. The molecule has 0 aromatic heterocycles. The summed E-state index contributed by atoms with van der Waals surface area (Å²) in [4.78, 5) is 11.4. The van der Waals surface area contributed by atoms with Crippen LogP contribution in [0.3, 0.4) is 0 Å². The summed E-state index contributed by atoms with van der Waals surface area (Å²) in [5.41, 5.74) is 13.5. The molecule has 0 aliphatic heterocycles. The van der Waals surface area contributed by atoms with Gasteiger partial charge < -0.3 is 16.8 Å². The van der Waals surface area contributed by atoms with Gasteiger partial charge in [-0.2, -0.15) is 0 Å². The molecular formula is C15H23N3O. The number of anilines is 2. The fourth-order valence-corrected chi connectivity index (χ4v) is 3.03. The predicted molar refractivity (Wildman–Crippen MR) is 79.1 cm³/mol. The maximum Gasteiger partial charge on any atom is 0.250 e. The van der Waals surface area contributed by atoms with E-state index in [-0.39, 0.29) is 0 Å². The highest BCUT2D eigenvalue weighted by atomic mass is 16.1. The van der Waals surface area contributed by atoms with Crippen molar-refractivity contribution in [2.24, 2.45) is 11.1 Å². The number of carbonyl (C=O) groups is 1. The van der Waals surface area contributed by atoms with Gasteiger partial charge >= 0.3 is 0 Å². The second-order valence-corrected chi connectivity index (χ2v) is 5.55. The number of amides is 1. The Kier molecular flexibility index (Phi) is 3.98. The molecule has 0 atom stereocenters. The highest BCUT2D eigenvalue weighted by molar-refractivity contribution is 6.01. The number of rotatable bonds is 5. The molecule has 2 rings (SSSR count). The first-order valence-electron chi connectivity index (χ1n) is 7.00. The third kappa shape index (κ3) is 2.83. The number of para-hydroxylation sites is 1. The van der Waals surface area contributed by atoms with Crippen molar-refractivity contribution in [3.8, 4) is 0 Å². The lowest BCUT2D eigenvalue weighted by molar-refractivity contribution is 0.100. The van der Waals surface area contributed by atoms with Gasteiger partial charge in [-0.25, -0.2) is 0 Å². The van der Waals surface area contributed by atoms with E-state index in [1.807, 2.05) is 0 Å². The van der Waals surface area contributed by atoms with E-state index in [9.17, 15) is 4.79 Å². The molecule has 4 heteroatoms. The van der Waals surface area contributed by atoms with Gasteiger partial charge in [0, 0.05) is 6.54 Å². The standard InChI is InChI=1S/C15H23N3O/c1-2-15(8-3-4-9-15)10-18-13-11(14(17)19)6-5-7-12(13)16/h5-7,18H,2-4,8-10,16H2,1H3,(H2,17,19). The smallest absolute Gasteiger partial charge is 0.250 e. The Bertz CT molecular complexity index is 464. The Morgan fingerprint density at radius 2 is 2.05 bits per heavy atom. The Hall–Kier alpha value is -1.71. The molecule has 1 aromatic carbocycles. The zero-order chi connectivity index (χ0) is 13.9. The summed E-state index contributed by atoms with van der Waals surface area (Å²) in [6, 6.07) is 5.27. The van der Waals surface area contributed by atoms with Crippen molar-refractivity contribution in [2.75, 3.05) is 17.6 Å². The largest absolute Gasteiger partial charge is 0.397 e. The van der Waals surface area contributed by atoms with Crippen LogP contribution in [0.5, 0.6) is 0 Å². The summed E-state index contributed by atoms with van der Waals surface area (Å²) in [6.07, 6.45) is 6.23. The van der Waals surface area contributed by atoms with E-state index in [4.69, 9.17) is 11.5 Å². The lowest BCUT2D eigenvalue weighted by atomic mass is 9.83. The van der Waals surface area contributed by atoms with Gasteiger partial charge in [-0.1, -0.05) is 25.8 Å². The fourth-order valence-electron chi connectivity index (χ4n) is 3.03. The molecule has 4 nitrogen and oxygen atoms in total. The minimum atomic E-state index is -0.438. The maximum absolute atomic E-state index is 11.4. The fraction of sp³-hybridized carbons (Fsp3) is 0.533. The molecule has 0 unspecified atom stereocenters. The zero-order valence-corrected chi connectivity index (χ0v) is 11.5. The van der Waals surface area contributed by atoms with Crippen LogP contribution in [0, 0.1) is 5.41 Å². The number of benzene rings is 1. The maximum atomic E-state index is 11.4. The Morgan fingerprint density at radius 3 is 2.63 bits per heavy atom. The van der Waals surface area contributed by atoms with Gasteiger partial charge in [0.05, 0.1) is 16.9 Å². The summed E-state index contributed by atoms with van der Waals surface area (Å²) in [5.74, 6) is -0.438. The van der Waals surface area contributed by atoms with Crippen LogP contribution in [0.25, 0.3) is 0 Å². The van der Waals surface area contributed by atoms with Gasteiger partial charge in [-0.15, -0.1) is 0 Å². The van der Waals surface area contributed by atoms with Gasteiger partial charge in [0.15, 0.2) is 0 Å². The molecule has 1 aliphatic carbocycles. The molecule has 1 fully saturated rings. The molecule has 5 N–H and O–H groups in total. The summed E-state index contributed by atoms with van der Waals surface area (Å²) in [6.45, 7) is 3.09. The van der Waals surface area contributed by atoms with Crippen molar-refractivity contribution in [3.63, 3.8) is 0 Å². The number of hydrogen-bond acceptors (Lipinski definition) is 3. The Balaban J connectivity index is 2.17. The average Bonchev–Trinajstić information content (AvgIpc) is 2.86. The van der Waals surface area contributed by atoms with E-state index in [1.54, 1.807) is 18.2 Å². The van der Waals surface area contributed by atoms with Gasteiger partial charge in [-0.3, -0.25) is 4.79 Å². The van der Waals surface area contributed by atoms with E-state index in [1.165, 1.54) is 25.7 Å². The molecule has 0 heterocycles. The first-order chi connectivity index (χ1) is 9.08. The summed E-state index contributed by atoms with van der Waals surface area (Å²) >= 11 is 0. The quantitative estimate of drug-likeness (QED) is 0.713. The second-order valence-electron chi connectivity index (χ2n) is 5.55. The predicted octanol–water partition coefficient (Wildman–Crippen LogP) is 2.75. The molecule has 0 bridgehead atoms. The van der Waals surface area contributed by atoms with Gasteiger partial charge in [-0.05, 0) is 36.8 Å². The zero-order valence-electron chi connectivity index (χ0n) is 11.5. The van der Waals surface area contributed by atoms with Crippen molar-refractivity contribution in [3.05, 3.63) is 23.8 Å². The topological polar surface area (TPSA) is 81.1 Å². The van der Waals surface area contributed by atoms with E-state index in [0.29, 0.717) is 22.4 Å². The molecule has 1 amide bonds. The molecule has 1 aliphatic rings. The molecule has 0 spiro atoms. The summed E-state index contributed by atoms with van der Waals surface area (Å²) < 4.78 is 0. The first kappa shape index (κ1) is 13.7. The van der Waals surface area contributed by atoms with Crippen LogP contribution in [0.1, 0.15) is 49.4 Å². The monoisotopic (exact) mass is 261 g/mol. The summed E-state index contributed by atoms with van der Waals surface area (Å²) in [5, 5.41) is 3.37. The van der Waals surface area contributed by atoms with Crippen molar-refractivity contribution in [1.29, 1.82) is 0 Å². The number of carbonyl (C=O) groups excluding carboxylic acids is 1. The first-order valence-corrected chi connectivity index (χ1v) is 7.00. The van der Waals surface area contributed by atoms with Crippen LogP contribution in [-0.4, -0.2) is 12.5 Å². The Labute approximate surface area is 114 Å². The number of hydrogen-bond donors (Lipinski definition) is 3. The third-order valence-electron chi connectivity index (χ3n) is 4.42. The molecule has 0 saturated heterocycles. The molecule has 1 saturated carbocycles. The minimum Gasteiger partial charge on any atom is -0.397 e. The molecule has 0 radical (unpaired) electrons. The highest BCUT2D eigenvalue weighted by Gasteiger charge is 2.32. The van der Waals surface area contributed by atoms with E-state index >= 15 is 0 Å². The van der Waals surface area contributed by atoms with E-state index in [0.717, 1.165) is 13.0 Å². The molecule has 1 aromatic rings.